The Morgan fingerprint density at radius 3 is 1.48 bits per heavy atom. The number of halogens is 1. The Hall–Kier alpha value is -2.66. The van der Waals surface area contributed by atoms with Crippen LogP contribution in [0.4, 0.5) is 0 Å². The number of amidine groups is 1. The zero-order valence-corrected chi connectivity index (χ0v) is 59.3. The number of aliphatic imine (C=N–C) groups is 1. The number of alkyl halides is 1. The number of thiocarbonyl (C=S) groups is 2. The van der Waals surface area contributed by atoms with E-state index in [9.17, 15) is 9.59 Å². The summed E-state index contributed by atoms with van der Waals surface area (Å²) in [4.78, 5) is 30.1. The molecule has 0 aliphatic rings. The molecule has 0 aliphatic heterocycles. The highest BCUT2D eigenvalue weighted by molar-refractivity contribution is 8.47. The molecule has 3 aromatic rings. The largest absolute Gasteiger partial charge is 0.462 e. The van der Waals surface area contributed by atoms with Crippen LogP contribution in [0.5, 0.6) is 0 Å². The van der Waals surface area contributed by atoms with E-state index in [1.165, 1.54) is 140 Å². The van der Waals surface area contributed by atoms with Crippen LogP contribution in [-0.2, 0) is 38.0 Å². The van der Waals surface area contributed by atoms with Gasteiger partial charge < -0.3 is 14.4 Å². The summed E-state index contributed by atoms with van der Waals surface area (Å²) in [6.07, 6.45) is 35.5. The molecule has 3 unspecified atom stereocenters. The van der Waals surface area contributed by atoms with Gasteiger partial charge in [-0.05, 0) is 102 Å². The van der Waals surface area contributed by atoms with Crippen molar-refractivity contribution in [3.63, 3.8) is 0 Å². The van der Waals surface area contributed by atoms with Gasteiger partial charge in [-0.1, -0.05) is 237 Å². The normalized spacial score (nSPS) is 12.7. The van der Waals surface area contributed by atoms with Crippen molar-refractivity contribution in [2.45, 2.75) is 243 Å². The Kier molecular flexibility index (Phi) is 46.5. The predicted molar refractivity (Wildman–Crippen MR) is 378 cm³/mol. The Labute approximate surface area is 543 Å². The molecular weight excluding hydrogens is 1180 g/mol. The first-order chi connectivity index (χ1) is 40.2. The van der Waals surface area contributed by atoms with E-state index < -0.39 is 11.2 Å². The summed E-state index contributed by atoms with van der Waals surface area (Å²) in [5, 5.41) is 12.3. The number of ether oxygens (including phenoxy) is 2. The molecule has 2 aromatic carbocycles. The quantitative estimate of drug-likeness (QED) is 0.00848. The molecule has 3 rings (SSSR count). The number of benzene rings is 2. The summed E-state index contributed by atoms with van der Waals surface area (Å²) in [5.74, 6) is 6.05. The van der Waals surface area contributed by atoms with Crippen LogP contribution in [0.2, 0.25) is 0 Å². The predicted octanol–water partition coefficient (Wildman–Crippen LogP) is 18.5. The van der Waals surface area contributed by atoms with Crippen LogP contribution in [0.1, 0.15) is 235 Å². The minimum absolute atomic E-state index is 0.0967. The van der Waals surface area contributed by atoms with Crippen LogP contribution < -0.4 is 5.32 Å². The number of carbonyl (C=O) groups is 2. The lowest BCUT2D eigenvalue weighted by atomic mass is 9.97. The molecule has 1 heterocycles. The Morgan fingerprint density at radius 2 is 1.11 bits per heavy atom. The minimum atomic E-state index is -0.579. The fourth-order valence-corrected chi connectivity index (χ4v) is 14.7. The van der Waals surface area contributed by atoms with Gasteiger partial charge in [0.05, 0.1) is 30.4 Å². The molecule has 0 aliphatic carbocycles. The molecule has 0 saturated heterocycles. The van der Waals surface area contributed by atoms with Crippen LogP contribution in [0.25, 0.3) is 0 Å². The first-order valence-corrected chi connectivity index (χ1v) is 35.9. The van der Waals surface area contributed by atoms with Crippen LogP contribution in [0.15, 0.2) is 59.7 Å². The van der Waals surface area contributed by atoms with Crippen molar-refractivity contribution in [1.29, 1.82) is 0 Å². The van der Waals surface area contributed by atoms with Gasteiger partial charge in [0.2, 0.25) is 0 Å². The van der Waals surface area contributed by atoms with Crippen LogP contribution in [0, 0.1) is 12.3 Å². The van der Waals surface area contributed by atoms with E-state index in [1.807, 2.05) is 78.6 Å². The summed E-state index contributed by atoms with van der Waals surface area (Å²) in [5.41, 5.74) is 4.42. The van der Waals surface area contributed by atoms with Gasteiger partial charge in [-0.15, -0.1) is 46.6 Å². The Bertz CT molecular complexity index is 2260. The number of carbonyl (C=O) groups excluding carboxylic acids is 2. The molecule has 11 nitrogen and oxygen atoms in total. The summed E-state index contributed by atoms with van der Waals surface area (Å²) < 4.78 is 14.5. The smallest absolute Gasteiger partial charge is 0.293 e. The lowest BCUT2D eigenvalue weighted by Crippen LogP contribution is -2.38. The van der Waals surface area contributed by atoms with Crippen molar-refractivity contribution in [2.75, 3.05) is 46.2 Å². The maximum absolute atomic E-state index is 11.1. The summed E-state index contributed by atoms with van der Waals surface area (Å²) >= 11 is 24.4. The van der Waals surface area contributed by atoms with Crippen LogP contribution in [-0.4, -0.2) is 114 Å². The van der Waals surface area contributed by atoms with Crippen molar-refractivity contribution in [1.82, 2.24) is 30.1 Å². The van der Waals surface area contributed by atoms with Crippen molar-refractivity contribution >= 4 is 109 Å². The second-order valence-electron chi connectivity index (χ2n) is 23.1. The molecule has 474 valence electrons. The van der Waals surface area contributed by atoms with Gasteiger partial charge in [0.25, 0.3) is 12.9 Å². The summed E-state index contributed by atoms with van der Waals surface area (Å²) in [7, 11) is 7.97. The molecule has 3 atom stereocenters. The van der Waals surface area contributed by atoms with E-state index in [0.717, 1.165) is 41.2 Å². The number of hydrogen-bond acceptors (Lipinski definition) is 15. The highest BCUT2D eigenvalue weighted by Gasteiger charge is 2.29. The molecule has 0 spiro atoms. The monoisotopic (exact) mass is 1290 g/mol. The zero-order chi connectivity index (χ0) is 62.4. The lowest BCUT2D eigenvalue weighted by Gasteiger charge is -2.28. The first kappa shape index (κ1) is 79.4. The SMILES string of the molecule is C#CCN=C(C)N(C)C.CCCCCCCCCCCCSC(=S)SC(CC(C)(C)OC=O)c1ccc(CCl)cc1.CCCCCCCCCCCCSC(=S)SC(CC(C)(C)OC=O)c1ccc(Cn2cc(CNC(C)N(C)C)nn2)cc1. The van der Waals surface area contributed by atoms with Gasteiger partial charge in [0.1, 0.15) is 24.8 Å². The van der Waals surface area contributed by atoms with Gasteiger partial charge in [-0.2, -0.15) is 0 Å². The number of nitrogens with one attached hydrogen (secondary N) is 1. The molecule has 0 fully saturated rings. The van der Waals surface area contributed by atoms with Crippen molar-refractivity contribution < 1.29 is 19.1 Å². The highest BCUT2D eigenvalue weighted by atomic mass is 35.5. The van der Waals surface area contributed by atoms with E-state index in [0.29, 0.717) is 51.3 Å². The van der Waals surface area contributed by atoms with Crippen LogP contribution >= 0.6 is 83.1 Å². The van der Waals surface area contributed by atoms with E-state index >= 15 is 0 Å². The van der Waals surface area contributed by atoms with E-state index in [1.54, 1.807) is 47.0 Å². The lowest BCUT2D eigenvalue weighted by molar-refractivity contribution is -0.141. The minimum Gasteiger partial charge on any atom is -0.462 e. The van der Waals surface area contributed by atoms with Gasteiger partial charge in [-0.3, -0.25) is 24.8 Å². The molecule has 84 heavy (non-hydrogen) atoms. The first-order valence-electron chi connectivity index (χ1n) is 30.8. The zero-order valence-electron chi connectivity index (χ0n) is 53.6. The number of unbranched alkanes of at least 4 members (excludes halogenated alkanes) is 18. The van der Waals surface area contributed by atoms with E-state index in [2.05, 4.69) is 101 Å². The molecule has 0 saturated carbocycles. The van der Waals surface area contributed by atoms with Crippen molar-refractivity contribution in [2.24, 2.45) is 4.99 Å². The Balaban J connectivity index is 0.000000754. The van der Waals surface area contributed by atoms with E-state index in [-0.39, 0.29) is 16.7 Å². The third-order valence-corrected chi connectivity index (χ3v) is 20.4. The Morgan fingerprint density at radius 1 is 0.702 bits per heavy atom. The fourth-order valence-electron chi connectivity index (χ4n) is 8.57. The third-order valence-electron chi connectivity index (χ3n) is 14.2. The third kappa shape index (κ3) is 40.7. The average Bonchev–Trinajstić information content (AvgIpc) is 4.05. The standard InChI is InChI=1S/C33H55N5O2S3.C26H41ClO2S3.C7H12N2/c1-7-8-9-10-11-12-13-14-15-16-21-42-32(41)43-31(22-33(3,4)40-26-39)29-19-17-28(18-20-29)24-38-25-30(35-36-38)23-34-27(2)37(5)6;1-4-5-6-7-8-9-10-11-12-13-18-31-25(30)32-24(19-26(2,3)29-21-28)23-16-14-22(20-27)15-17-23;1-5-6-8-7(2)9(3)4/h17-20,25-27,31,34H,7-16,21-24H2,1-6H3;14-17,21,24H,4-13,18-20H2,1-3H3;1H,6H2,2-4H3. The van der Waals surface area contributed by atoms with Crippen molar-refractivity contribution in [3.05, 3.63) is 82.7 Å². The molecular formula is C66H108ClN7O4S6. The number of terminal acetylenes is 1. The number of hydrogen-bond donors (Lipinski definition) is 1. The number of aromatic nitrogens is 3. The van der Waals surface area contributed by atoms with Gasteiger partial charge in [0, 0.05) is 49.9 Å². The summed E-state index contributed by atoms with van der Waals surface area (Å²) in [6, 6.07) is 17.0. The second-order valence-corrected chi connectivity index (χ2v) is 30.4. The van der Waals surface area contributed by atoms with Crippen molar-refractivity contribution in [3.8, 4) is 12.3 Å². The summed E-state index contributed by atoms with van der Waals surface area (Å²) in [6.45, 7) is 19.3. The number of rotatable bonds is 42. The molecule has 1 aromatic heterocycles. The molecule has 0 amide bonds. The fraction of sp³-hybridized carbons (Fsp3) is 0.682. The molecule has 0 radical (unpaired) electrons. The van der Waals surface area contributed by atoms with Gasteiger partial charge >= 0.3 is 0 Å². The van der Waals surface area contributed by atoms with Gasteiger partial charge in [-0.25, -0.2) is 4.68 Å². The number of nitrogens with zero attached hydrogens (tertiary/aromatic N) is 6. The molecule has 18 heteroatoms. The van der Waals surface area contributed by atoms with E-state index in [4.69, 9.17) is 51.9 Å². The topological polar surface area (TPSA) is 114 Å². The average molecular weight is 1290 g/mol. The maximum Gasteiger partial charge on any atom is 0.293 e. The number of thioether (sulfide) groups is 4. The maximum atomic E-state index is 11.1. The second kappa shape index (κ2) is 49.2. The van der Waals surface area contributed by atoms with Gasteiger partial charge in [0.15, 0.2) is 0 Å². The molecule has 1 N–H and O–H groups in total. The molecule has 0 bridgehead atoms. The highest BCUT2D eigenvalue weighted by Crippen LogP contribution is 2.42. The van der Waals surface area contributed by atoms with Crippen LogP contribution in [0.3, 0.4) is 0 Å².